The lowest BCUT2D eigenvalue weighted by molar-refractivity contribution is 0.745. The summed E-state index contributed by atoms with van der Waals surface area (Å²) in [5, 5.41) is 2.97. The van der Waals surface area contributed by atoms with Crippen LogP contribution in [0.2, 0.25) is 0 Å². The summed E-state index contributed by atoms with van der Waals surface area (Å²) in [6, 6.07) is 3.71. The van der Waals surface area contributed by atoms with E-state index in [4.69, 9.17) is 0 Å². The first kappa shape index (κ1) is 10.1. The van der Waals surface area contributed by atoms with E-state index in [2.05, 4.69) is 4.98 Å². The molecule has 2 aromatic rings. The van der Waals surface area contributed by atoms with E-state index in [9.17, 15) is 4.79 Å². The zero-order valence-electron chi connectivity index (χ0n) is 8.73. The molecule has 0 fully saturated rings. The Balaban J connectivity index is 2.32. The molecule has 78 valence electrons. The van der Waals surface area contributed by atoms with Crippen molar-refractivity contribution in [2.24, 2.45) is 0 Å². The van der Waals surface area contributed by atoms with Crippen LogP contribution in [0.15, 0.2) is 28.5 Å². The maximum Gasteiger partial charge on any atom is 0.253 e. The Morgan fingerprint density at radius 1 is 1.47 bits per heavy atom. The monoisotopic (exact) mass is 220 g/mol. The average molecular weight is 220 g/mol. The molecule has 0 N–H and O–H groups in total. The molecule has 2 heterocycles. The van der Waals surface area contributed by atoms with Gasteiger partial charge in [-0.05, 0) is 19.9 Å². The molecule has 0 aromatic carbocycles. The lowest BCUT2D eigenvalue weighted by Gasteiger charge is -2.03. The fourth-order valence-corrected chi connectivity index (χ4v) is 2.17. The standard InChI is InChI=1S/C11H12N2OS/c1-8-4-3-5-13(11(8)14)6-10-12-9(2)7-15-10/h3-5,7H,6H2,1-2H3. The van der Waals surface area contributed by atoms with Gasteiger partial charge in [0.05, 0.1) is 6.54 Å². The van der Waals surface area contributed by atoms with Gasteiger partial charge in [0.2, 0.25) is 0 Å². The minimum absolute atomic E-state index is 0.0605. The summed E-state index contributed by atoms with van der Waals surface area (Å²) in [7, 11) is 0. The minimum Gasteiger partial charge on any atom is -0.308 e. The van der Waals surface area contributed by atoms with Crippen LogP contribution >= 0.6 is 11.3 Å². The zero-order chi connectivity index (χ0) is 10.8. The molecule has 0 bridgehead atoms. The highest BCUT2D eigenvalue weighted by Gasteiger charge is 2.02. The molecule has 0 aliphatic heterocycles. The molecule has 0 atom stereocenters. The van der Waals surface area contributed by atoms with Crippen LogP contribution in [0.25, 0.3) is 0 Å². The molecule has 15 heavy (non-hydrogen) atoms. The van der Waals surface area contributed by atoms with Crippen LogP contribution in [0.1, 0.15) is 16.3 Å². The van der Waals surface area contributed by atoms with Gasteiger partial charge >= 0.3 is 0 Å². The van der Waals surface area contributed by atoms with Gasteiger partial charge in [0.15, 0.2) is 0 Å². The third kappa shape index (κ3) is 2.15. The Morgan fingerprint density at radius 2 is 2.27 bits per heavy atom. The number of thiazole rings is 1. The van der Waals surface area contributed by atoms with Gasteiger partial charge in [0.1, 0.15) is 5.01 Å². The number of hydrogen-bond donors (Lipinski definition) is 0. The van der Waals surface area contributed by atoms with E-state index in [1.165, 1.54) is 0 Å². The molecule has 2 rings (SSSR count). The van der Waals surface area contributed by atoms with E-state index in [0.29, 0.717) is 6.54 Å². The maximum absolute atomic E-state index is 11.7. The first-order chi connectivity index (χ1) is 7.16. The van der Waals surface area contributed by atoms with Crippen LogP contribution in [0.5, 0.6) is 0 Å². The Hall–Kier alpha value is -1.42. The molecule has 0 amide bonds. The van der Waals surface area contributed by atoms with Crippen molar-refractivity contribution >= 4 is 11.3 Å². The highest BCUT2D eigenvalue weighted by Crippen LogP contribution is 2.09. The van der Waals surface area contributed by atoms with Crippen molar-refractivity contribution in [1.29, 1.82) is 0 Å². The lowest BCUT2D eigenvalue weighted by Crippen LogP contribution is -2.21. The predicted octanol–water partition coefficient (Wildman–Crippen LogP) is 1.97. The molecular formula is C11H12N2OS. The largest absolute Gasteiger partial charge is 0.308 e. The molecular weight excluding hydrogens is 208 g/mol. The first-order valence-electron chi connectivity index (χ1n) is 4.74. The van der Waals surface area contributed by atoms with E-state index in [1.54, 1.807) is 22.1 Å². The normalized spacial score (nSPS) is 10.5. The van der Waals surface area contributed by atoms with Crippen LogP contribution in [0.4, 0.5) is 0 Å². The quantitative estimate of drug-likeness (QED) is 0.775. The Bertz CT molecular complexity index is 527. The molecule has 0 radical (unpaired) electrons. The topological polar surface area (TPSA) is 34.9 Å². The molecule has 0 saturated heterocycles. The van der Waals surface area contributed by atoms with Crippen LogP contribution in [0.3, 0.4) is 0 Å². The average Bonchev–Trinajstić information content (AvgIpc) is 2.59. The van der Waals surface area contributed by atoms with Crippen LogP contribution in [0, 0.1) is 13.8 Å². The molecule has 0 aliphatic rings. The van der Waals surface area contributed by atoms with Crippen LogP contribution in [-0.2, 0) is 6.54 Å². The first-order valence-corrected chi connectivity index (χ1v) is 5.62. The number of pyridine rings is 1. The van der Waals surface area contributed by atoms with E-state index in [-0.39, 0.29) is 5.56 Å². The highest BCUT2D eigenvalue weighted by molar-refractivity contribution is 7.09. The summed E-state index contributed by atoms with van der Waals surface area (Å²) in [4.78, 5) is 16.1. The van der Waals surface area contributed by atoms with Crippen molar-refractivity contribution in [2.45, 2.75) is 20.4 Å². The van der Waals surface area contributed by atoms with Crippen LogP contribution in [-0.4, -0.2) is 9.55 Å². The lowest BCUT2D eigenvalue weighted by atomic mass is 10.3. The van der Waals surface area contributed by atoms with Gasteiger partial charge < -0.3 is 4.57 Å². The summed E-state index contributed by atoms with van der Waals surface area (Å²) in [5.74, 6) is 0. The molecule has 0 unspecified atom stereocenters. The van der Waals surface area contributed by atoms with Crippen molar-refractivity contribution < 1.29 is 0 Å². The summed E-state index contributed by atoms with van der Waals surface area (Å²) < 4.78 is 1.69. The van der Waals surface area contributed by atoms with Gasteiger partial charge in [-0.25, -0.2) is 4.98 Å². The van der Waals surface area contributed by atoms with Crippen molar-refractivity contribution in [3.05, 3.63) is 50.3 Å². The third-order valence-corrected chi connectivity index (χ3v) is 3.13. The molecule has 0 spiro atoms. The van der Waals surface area contributed by atoms with E-state index >= 15 is 0 Å². The van der Waals surface area contributed by atoms with Crippen molar-refractivity contribution in [2.75, 3.05) is 0 Å². The fourth-order valence-electron chi connectivity index (χ4n) is 1.40. The van der Waals surface area contributed by atoms with Gasteiger partial charge in [-0.1, -0.05) is 6.07 Å². The van der Waals surface area contributed by atoms with E-state index in [1.807, 2.05) is 31.4 Å². The summed E-state index contributed by atoms with van der Waals surface area (Å²) >= 11 is 1.59. The van der Waals surface area contributed by atoms with Crippen molar-refractivity contribution in [3.8, 4) is 0 Å². The maximum atomic E-state index is 11.7. The van der Waals surface area contributed by atoms with E-state index in [0.717, 1.165) is 16.3 Å². The SMILES string of the molecule is Cc1csc(Cn2cccc(C)c2=O)n1. The van der Waals surface area contributed by atoms with Crippen molar-refractivity contribution in [1.82, 2.24) is 9.55 Å². The smallest absolute Gasteiger partial charge is 0.253 e. The number of nitrogens with zero attached hydrogens (tertiary/aromatic N) is 2. The fraction of sp³-hybridized carbons (Fsp3) is 0.273. The van der Waals surface area contributed by atoms with Crippen molar-refractivity contribution in [3.63, 3.8) is 0 Å². The highest BCUT2D eigenvalue weighted by atomic mass is 32.1. The van der Waals surface area contributed by atoms with E-state index < -0.39 is 0 Å². The Kier molecular flexibility index (Phi) is 2.68. The molecule has 0 saturated carbocycles. The van der Waals surface area contributed by atoms with Gasteiger partial charge in [-0.2, -0.15) is 0 Å². The Labute approximate surface area is 92.0 Å². The number of aromatic nitrogens is 2. The van der Waals surface area contributed by atoms with Gasteiger partial charge in [0.25, 0.3) is 5.56 Å². The molecule has 3 nitrogen and oxygen atoms in total. The summed E-state index contributed by atoms with van der Waals surface area (Å²) in [6.45, 7) is 4.35. The third-order valence-electron chi connectivity index (χ3n) is 2.18. The summed E-state index contributed by atoms with van der Waals surface area (Å²) in [6.07, 6.45) is 1.80. The van der Waals surface area contributed by atoms with Crippen LogP contribution < -0.4 is 5.56 Å². The number of aryl methyl sites for hydroxylation is 2. The molecule has 2 aromatic heterocycles. The van der Waals surface area contributed by atoms with Gasteiger partial charge in [-0.3, -0.25) is 4.79 Å². The van der Waals surface area contributed by atoms with Gasteiger partial charge in [0, 0.05) is 22.8 Å². The second kappa shape index (κ2) is 3.98. The second-order valence-corrected chi connectivity index (χ2v) is 4.45. The predicted molar refractivity (Wildman–Crippen MR) is 61.4 cm³/mol. The van der Waals surface area contributed by atoms with Gasteiger partial charge in [-0.15, -0.1) is 11.3 Å². The minimum atomic E-state index is 0.0605. The second-order valence-electron chi connectivity index (χ2n) is 3.51. The Morgan fingerprint density at radius 3 is 2.93 bits per heavy atom. The number of rotatable bonds is 2. The molecule has 0 aliphatic carbocycles. The number of hydrogen-bond acceptors (Lipinski definition) is 3. The summed E-state index contributed by atoms with van der Waals surface area (Å²) in [5.41, 5.74) is 1.84. The zero-order valence-corrected chi connectivity index (χ0v) is 9.54. The molecule has 4 heteroatoms.